The zero-order valence-electron chi connectivity index (χ0n) is 18.8. The van der Waals surface area contributed by atoms with Gasteiger partial charge in [-0.1, -0.05) is 22.9 Å². The van der Waals surface area contributed by atoms with Crippen molar-refractivity contribution in [2.24, 2.45) is 10.4 Å². The first-order valence-electron chi connectivity index (χ1n) is 10.7. The second-order valence-corrected chi connectivity index (χ2v) is 10.4. The molecule has 0 amide bonds. The molecule has 2 aliphatic rings. The summed E-state index contributed by atoms with van der Waals surface area (Å²) in [6, 6.07) is 4.06. The summed E-state index contributed by atoms with van der Waals surface area (Å²) in [6.45, 7) is 9.50. The highest BCUT2D eigenvalue weighted by Crippen LogP contribution is 2.45. The third kappa shape index (κ3) is 4.26. The number of esters is 1. The van der Waals surface area contributed by atoms with E-state index in [4.69, 9.17) is 14.5 Å². The van der Waals surface area contributed by atoms with Gasteiger partial charge in [-0.3, -0.25) is 9.59 Å². The number of hydrogen-bond acceptors (Lipinski definition) is 5. The maximum absolute atomic E-state index is 13.9. The molecule has 1 atom stereocenters. The van der Waals surface area contributed by atoms with Gasteiger partial charge in [0.15, 0.2) is 5.78 Å². The lowest BCUT2D eigenvalue weighted by Gasteiger charge is -2.33. The monoisotopic (exact) mass is 477 g/mol. The lowest BCUT2D eigenvalue weighted by atomic mass is 9.74. The average Bonchev–Trinajstić information content (AvgIpc) is 2.92. The Morgan fingerprint density at radius 2 is 1.90 bits per heavy atom. The SMILES string of the molecule is CCc1cc(Br)cc(C)c1C1C(=O)C2(CCC(OC)CC2)N=C1OC(=O)C(C)(C)C. The van der Waals surface area contributed by atoms with E-state index in [1.165, 1.54) is 0 Å². The first-order chi connectivity index (χ1) is 14.0. The van der Waals surface area contributed by atoms with Gasteiger partial charge in [0.1, 0.15) is 11.5 Å². The molecule has 0 aromatic heterocycles. The second-order valence-electron chi connectivity index (χ2n) is 9.50. The second kappa shape index (κ2) is 8.54. The maximum atomic E-state index is 13.9. The first kappa shape index (κ1) is 23.1. The predicted octanol–water partition coefficient (Wildman–Crippen LogP) is 5.30. The third-order valence-electron chi connectivity index (χ3n) is 6.30. The summed E-state index contributed by atoms with van der Waals surface area (Å²) in [5.41, 5.74) is 1.50. The van der Waals surface area contributed by atoms with Crippen LogP contribution >= 0.6 is 15.9 Å². The van der Waals surface area contributed by atoms with Crippen LogP contribution in [0.5, 0.6) is 0 Å². The minimum atomic E-state index is -0.822. The van der Waals surface area contributed by atoms with E-state index in [9.17, 15) is 9.59 Å². The smallest absolute Gasteiger partial charge is 0.317 e. The van der Waals surface area contributed by atoms with Crippen LogP contribution in [0.15, 0.2) is 21.6 Å². The van der Waals surface area contributed by atoms with Crippen LogP contribution in [0.3, 0.4) is 0 Å². The third-order valence-corrected chi connectivity index (χ3v) is 6.76. The van der Waals surface area contributed by atoms with Crippen LogP contribution in [-0.2, 0) is 25.5 Å². The van der Waals surface area contributed by atoms with E-state index in [0.717, 1.165) is 40.4 Å². The van der Waals surface area contributed by atoms with Crippen molar-refractivity contribution in [1.82, 2.24) is 0 Å². The van der Waals surface area contributed by atoms with Gasteiger partial charge >= 0.3 is 5.97 Å². The zero-order valence-corrected chi connectivity index (χ0v) is 20.4. The number of aliphatic imine (C=N–C) groups is 1. The Balaban J connectivity index is 2.08. The van der Waals surface area contributed by atoms with Crippen molar-refractivity contribution in [3.63, 3.8) is 0 Å². The summed E-state index contributed by atoms with van der Waals surface area (Å²) in [6.07, 6.45) is 3.72. The quantitative estimate of drug-likeness (QED) is 0.553. The fraction of sp³-hybridized carbons (Fsp3) is 0.625. The molecule has 1 aromatic rings. The molecular weight excluding hydrogens is 446 g/mol. The lowest BCUT2D eigenvalue weighted by Crippen LogP contribution is -2.41. The van der Waals surface area contributed by atoms with E-state index in [1.807, 2.05) is 39.8 Å². The summed E-state index contributed by atoms with van der Waals surface area (Å²) in [5, 5.41) is 0. The number of carbonyl (C=O) groups is 2. The van der Waals surface area contributed by atoms with Gasteiger partial charge in [0.2, 0.25) is 5.90 Å². The van der Waals surface area contributed by atoms with Crippen LogP contribution in [-0.4, -0.2) is 36.4 Å². The molecule has 1 spiro atoms. The number of methoxy groups -OCH3 is 1. The van der Waals surface area contributed by atoms with Crippen molar-refractivity contribution in [3.05, 3.63) is 33.3 Å². The maximum Gasteiger partial charge on any atom is 0.317 e. The molecule has 1 aliphatic heterocycles. The fourth-order valence-corrected chi connectivity index (χ4v) is 5.11. The summed E-state index contributed by atoms with van der Waals surface area (Å²) < 4.78 is 12.3. The number of hydrogen-bond donors (Lipinski definition) is 0. The summed E-state index contributed by atoms with van der Waals surface area (Å²) in [7, 11) is 1.71. The van der Waals surface area contributed by atoms with E-state index >= 15 is 0 Å². The molecule has 1 unspecified atom stereocenters. The van der Waals surface area contributed by atoms with Crippen molar-refractivity contribution >= 4 is 33.6 Å². The number of ether oxygens (including phenoxy) is 2. The molecule has 5 nitrogen and oxygen atoms in total. The van der Waals surface area contributed by atoms with Gasteiger partial charge in [-0.15, -0.1) is 0 Å². The Kier molecular flexibility index (Phi) is 6.59. The molecule has 1 heterocycles. The number of carbonyl (C=O) groups excluding carboxylic acids is 2. The number of benzene rings is 1. The molecule has 1 aromatic carbocycles. The van der Waals surface area contributed by atoms with E-state index in [1.54, 1.807) is 7.11 Å². The predicted molar refractivity (Wildman–Crippen MR) is 121 cm³/mol. The molecule has 1 saturated carbocycles. The van der Waals surface area contributed by atoms with Crippen molar-refractivity contribution in [2.75, 3.05) is 7.11 Å². The molecule has 3 rings (SSSR count). The van der Waals surface area contributed by atoms with Gasteiger partial charge in [0.05, 0.1) is 11.5 Å². The molecule has 0 saturated heterocycles. The van der Waals surface area contributed by atoms with Crippen LogP contribution in [0.4, 0.5) is 0 Å². The van der Waals surface area contributed by atoms with Crippen molar-refractivity contribution in [2.45, 2.75) is 84.3 Å². The summed E-state index contributed by atoms with van der Waals surface area (Å²) >= 11 is 3.56. The highest BCUT2D eigenvalue weighted by atomic mass is 79.9. The Hall–Kier alpha value is -1.53. The molecule has 30 heavy (non-hydrogen) atoms. The average molecular weight is 478 g/mol. The minimum absolute atomic E-state index is 0.0499. The summed E-state index contributed by atoms with van der Waals surface area (Å²) in [5.74, 6) is -0.697. The van der Waals surface area contributed by atoms with Gasteiger partial charge in [-0.05, 0) is 88.6 Å². The van der Waals surface area contributed by atoms with Crippen molar-refractivity contribution in [3.8, 4) is 0 Å². The number of ketones is 1. The van der Waals surface area contributed by atoms with Crippen molar-refractivity contribution in [1.29, 1.82) is 0 Å². The number of halogens is 1. The molecule has 0 bridgehead atoms. The van der Waals surface area contributed by atoms with Gasteiger partial charge in [-0.2, -0.15) is 0 Å². The molecule has 164 valence electrons. The Morgan fingerprint density at radius 3 is 2.43 bits per heavy atom. The molecule has 0 radical (unpaired) electrons. The molecule has 1 fully saturated rings. The van der Waals surface area contributed by atoms with Crippen LogP contribution < -0.4 is 0 Å². The molecule has 0 N–H and O–H groups in total. The lowest BCUT2D eigenvalue weighted by molar-refractivity contribution is -0.144. The number of nitrogens with zero attached hydrogens (tertiary/aromatic N) is 1. The van der Waals surface area contributed by atoms with Crippen LogP contribution in [0.2, 0.25) is 0 Å². The van der Waals surface area contributed by atoms with Gasteiger partial charge in [0, 0.05) is 11.6 Å². The van der Waals surface area contributed by atoms with Crippen LogP contribution in [0, 0.1) is 12.3 Å². The van der Waals surface area contributed by atoms with Gasteiger partial charge in [-0.25, -0.2) is 4.99 Å². The molecule has 6 heteroatoms. The number of rotatable bonds is 3. The Morgan fingerprint density at radius 1 is 1.27 bits per heavy atom. The van der Waals surface area contributed by atoms with Gasteiger partial charge in [0.25, 0.3) is 0 Å². The topological polar surface area (TPSA) is 65.0 Å². The standard InChI is InChI=1S/C24H32BrNO4/c1-7-15-13-16(25)12-14(2)18(15)19-20(27)24(10-8-17(29-6)9-11-24)26-21(19)30-22(28)23(3,4)5/h12-13,17,19H,7-11H2,1-6H3. The zero-order chi connectivity index (χ0) is 22.3. The van der Waals surface area contributed by atoms with Crippen LogP contribution in [0.25, 0.3) is 0 Å². The minimum Gasteiger partial charge on any atom is -0.410 e. The highest BCUT2D eigenvalue weighted by Gasteiger charge is 2.53. The highest BCUT2D eigenvalue weighted by molar-refractivity contribution is 9.10. The van der Waals surface area contributed by atoms with E-state index < -0.39 is 16.9 Å². The van der Waals surface area contributed by atoms with E-state index in [2.05, 4.69) is 22.9 Å². The van der Waals surface area contributed by atoms with E-state index in [0.29, 0.717) is 12.8 Å². The Bertz CT molecular complexity index is 876. The van der Waals surface area contributed by atoms with Gasteiger partial charge < -0.3 is 9.47 Å². The van der Waals surface area contributed by atoms with Crippen molar-refractivity contribution < 1.29 is 19.1 Å². The molecule has 1 aliphatic carbocycles. The molecular formula is C24H32BrNO4. The van der Waals surface area contributed by atoms with E-state index in [-0.39, 0.29) is 23.8 Å². The normalized spacial score (nSPS) is 26.8. The summed E-state index contributed by atoms with van der Waals surface area (Å²) in [4.78, 5) is 31.4. The van der Waals surface area contributed by atoms with Crippen LogP contribution in [0.1, 0.15) is 76.0 Å². The number of aryl methyl sites for hydroxylation is 2. The Labute approximate surface area is 187 Å². The fourth-order valence-electron chi connectivity index (χ4n) is 4.49. The largest absolute Gasteiger partial charge is 0.410 e. The number of Topliss-reactive ketones (excluding diaryl/α,β-unsaturated/α-hetero) is 1. The first-order valence-corrected chi connectivity index (χ1v) is 11.5.